The minimum atomic E-state index is 0.0520. The first kappa shape index (κ1) is 16.5. The summed E-state index contributed by atoms with van der Waals surface area (Å²) in [6.45, 7) is 0. The molecular weight excluding hydrogens is 278 g/mol. The minimum Gasteiger partial charge on any atom is -0.361 e. The molecule has 6 heteroatoms. The highest BCUT2D eigenvalue weighted by atomic mass is 16.1. The van der Waals surface area contributed by atoms with E-state index in [1.165, 1.54) is 25.7 Å². The largest absolute Gasteiger partial charge is 0.361 e. The maximum atomic E-state index is 12.2. The first-order valence-corrected chi connectivity index (χ1v) is 7.99. The molecule has 1 N–H and O–H groups in total. The smallest absolute Gasteiger partial charge is 0.226 e. The summed E-state index contributed by atoms with van der Waals surface area (Å²) in [7, 11) is 7.62. The Morgan fingerprint density at radius 1 is 1.23 bits per heavy atom. The number of hydrogen-bond donors (Lipinski definition) is 1. The highest BCUT2D eigenvalue weighted by Crippen LogP contribution is 2.29. The summed E-state index contributed by atoms with van der Waals surface area (Å²) >= 11 is 0. The highest BCUT2D eigenvalue weighted by Gasteiger charge is 2.17. The number of nitrogens with zero attached hydrogens (tertiary/aromatic N) is 4. The van der Waals surface area contributed by atoms with Gasteiger partial charge in [0.15, 0.2) is 5.82 Å². The Morgan fingerprint density at radius 2 is 1.91 bits per heavy atom. The van der Waals surface area contributed by atoms with E-state index in [-0.39, 0.29) is 5.91 Å². The van der Waals surface area contributed by atoms with E-state index in [9.17, 15) is 4.79 Å². The number of carbonyl (C=O) groups excluding carboxylic acids is 1. The van der Waals surface area contributed by atoms with Gasteiger partial charge in [0, 0.05) is 34.6 Å². The van der Waals surface area contributed by atoms with Gasteiger partial charge in [-0.05, 0) is 12.3 Å². The summed E-state index contributed by atoms with van der Waals surface area (Å²) in [5, 5.41) is 2.96. The molecule has 0 saturated heterocycles. The molecule has 1 amide bonds. The lowest BCUT2D eigenvalue weighted by atomic mass is 10.0. The molecule has 0 aromatic carbocycles. The molecule has 122 valence electrons. The summed E-state index contributed by atoms with van der Waals surface area (Å²) in [4.78, 5) is 24.7. The Labute approximate surface area is 132 Å². The van der Waals surface area contributed by atoms with Crippen LogP contribution in [0.3, 0.4) is 0 Å². The van der Waals surface area contributed by atoms with Crippen molar-refractivity contribution in [3.05, 3.63) is 6.20 Å². The predicted octanol–water partition coefficient (Wildman–Crippen LogP) is 2.52. The Hall–Kier alpha value is -1.85. The summed E-state index contributed by atoms with van der Waals surface area (Å²) in [5.74, 6) is 2.14. The minimum absolute atomic E-state index is 0.0520. The molecule has 2 rings (SSSR count). The standard InChI is InChI=1S/C16H27N5O/c1-20(2)15-13(11-17-16(19-15)21(3)4)18-14(22)10-9-12-7-5-6-8-12/h11-12H,5-10H2,1-4H3,(H,18,22). The van der Waals surface area contributed by atoms with Gasteiger partial charge in [-0.15, -0.1) is 0 Å². The molecule has 1 aliphatic rings. The third kappa shape index (κ3) is 4.32. The van der Waals surface area contributed by atoms with Gasteiger partial charge >= 0.3 is 0 Å². The third-order valence-electron chi connectivity index (χ3n) is 4.11. The number of hydrogen-bond acceptors (Lipinski definition) is 5. The maximum absolute atomic E-state index is 12.2. The molecule has 1 saturated carbocycles. The van der Waals surface area contributed by atoms with Crippen molar-refractivity contribution in [1.29, 1.82) is 0 Å². The molecule has 1 aliphatic carbocycles. The van der Waals surface area contributed by atoms with E-state index >= 15 is 0 Å². The summed E-state index contributed by atoms with van der Waals surface area (Å²) in [6, 6.07) is 0. The van der Waals surface area contributed by atoms with Crippen LogP contribution in [0.2, 0.25) is 0 Å². The van der Waals surface area contributed by atoms with Crippen LogP contribution in [0.25, 0.3) is 0 Å². The van der Waals surface area contributed by atoms with Crippen molar-refractivity contribution in [3.8, 4) is 0 Å². The van der Waals surface area contributed by atoms with Crippen molar-refractivity contribution in [2.75, 3.05) is 43.3 Å². The number of rotatable bonds is 6. The van der Waals surface area contributed by atoms with Crippen LogP contribution in [-0.4, -0.2) is 44.1 Å². The Balaban J connectivity index is 1.99. The first-order valence-electron chi connectivity index (χ1n) is 7.99. The van der Waals surface area contributed by atoms with E-state index in [4.69, 9.17) is 0 Å². The van der Waals surface area contributed by atoms with Gasteiger partial charge in [0.2, 0.25) is 11.9 Å². The van der Waals surface area contributed by atoms with Crippen molar-refractivity contribution in [2.45, 2.75) is 38.5 Å². The van der Waals surface area contributed by atoms with Crippen LogP contribution in [0.5, 0.6) is 0 Å². The quantitative estimate of drug-likeness (QED) is 0.875. The number of amides is 1. The van der Waals surface area contributed by atoms with Gasteiger partial charge < -0.3 is 15.1 Å². The SMILES string of the molecule is CN(C)c1ncc(NC(=O)CCC2CCCC2)c(N(C)C)n1. The van der Waals surface area contributed by atoms with Crippen molar-refractivity contribution in [3.63, 3.8) is 0 Å². The van der Waals surface area contributed by atoms with Crippen LogP contribution < -0.4 is 15.1 Å². The molecule has 0 aliphatic heterocycles. The van der Waals surface area contributed by atoms with Crippen LogP contribution in [0.4, 0.5) is 17.5 Å². The zero-order chi connectivity index (χ0) is 16.1. The van der Waals surface area contributed by atoms with E-state index in [0.717, 1.165) is 18.2 Å². The second-order valence-electron chi connectivity index (χ2n) is 6.43. The third-order valence-corrected chi connectivity index (χ3v) is 4.11. The van der Waals surface area contributed by atoms with Crippen molar-refractivity contribution in [1.82, 2.24) is 9.97 Å². The van der Waals surface area contributed by atoms with Crippen LogP contribution in [-0.2, 0) is 4.79 Å². The fourth-order valence-electron chi connectivity index (χ4n) is 2.86. The van der Waals surface area contributed by atoms with Gasteiger partial charge in [0.05, 0.1) is 6.20 Å². The molecule has 0 radical (unpaired) electrons. The van der Waals surface area contributed by atoms with Gasteiger partial charge in [-0.3, -0.25) is 4.79 Å². The van der Waals surface area contributed by atoms with Crippen LogP contribution >= 0.6 is 0 Å². The van der Waals surface area contributed by atoms with E-state index in [1.54, 1.807) is 6.20 Å². The average Bonchev–Trinajstić information content (AvgIpc) is 2.98. The van der Waals surface area contributed by atoms with E-state index < -0.39 is 0 Å². The van der Waals surface area contributed by atoms with Gasteiger partial charge in [0.1, 0.15) is 5.69 Å². The van der Waals surface area contributed by atoms with Crippen LogP contribution in [0.15, 0.2) is 6.20 Å². The Bertz CT molecular complexity index is 509. The molecule has 6 nitrogen and oxygen atoms in total. The van der Waals surface area contributed by atoms with Gasteiger partial charge in [-0.2, -0.15) is 4.98 Å². The van der Waals surface area contributed by atoms with E-state index in [1.807, 2.05) is 38.0 Å². The van der Waals surface area contributed by atoms with Gasteiger partial charge in [0.25, 0.3) is 0 Å². The molecule has 22 heavy (non-hydrogen) atoms. The zero-order valence-corrected chi connectivity index (χ0v) is 14.1. The number of carbonyl (C=O) groups is 1. The number of aromatic nitrogens is 2. The molecule has 0 bridgehead atoms. The fraction of sp³-hybridized carbons (Fsp3) is 0.688. The Morgan fingerprint density at radius 3 is 2.50 bits per heavy atom. The van der Waals surface area contributed by atoms with Crippen LogP contribution in [0, 0.1) is 5.92 Å². The lowest BCUT2D eigenvalue weighted by Crippen LogP contribution is -2.21. The molecule has 0 spiro atoms. The molecule has 0 atom stereocenters. The zero-order valence-electron chi connectivity index (χ0n) is 14.1. The lowest BCUT2D eigenvalue weighted by Gasteiger charge is -2.19. The van der Waals surface area contributed by atoms with Gasteiger partial charge in [-0.1, -0.05) is 25.7 Å². The first-order chi connectivity index (χ1) is 10.5. The number of anilines is 3. The monoisotopic (exact) mass is 305 g/mol. The number of nitrogens with one attached hydrogen (secondary N) is 1. The summed E-state index contributed by atoms with van der Waals surface area (Å²) < 4.78 is 0. The summed E-state index contributed by atoms with van der Waals surface area (Å²) in [5.41, 5.74) is 0.673. The molecule has 1 fully saturated rings. The van der Waals surface area contributed by atoms with Crippen molar-refractivity contribution in [2.24, 2.45) is 5.92 Å². The molecule has 0 unspecified atom stereocenters. The van der Waals surface area contributed by atoms with E-state index in [2.05, 4.69) is 15.3 Å². The normalized spacial score (nSPS) is 14.9. The second kappa shape index (κ2) is 7.42. The average molecular weight is 305 g/mol. The molecule has 1 aromatic rings. The highest BCUT2D eigenvalue weighted by molar-refractivity contribution is 5.93. The second-order valence-corrected chi connectivity index (χ2v) is 6.43. The van der Waals surface area contributed by atoms with Crippen molar-refractivity contribution >= 4 is 23.4 Å². The van der Waals surface area contributed by atoms with Crippen LogP contribution in [0.1, 0.15) is 38.5 Å². The lowest BCUT2D eigenvalue weighted by molar-refractivity contribution is -0.116. The predicted molar refractivity (Wildman–Crippen MR) is 90.5 cm³/mol. The summed E-state index contributed by atoms with van der Waals surface area (Å²) in [6.07, 6.45) is 8.43. The topological polar surface area (TPSA) is 61.4 Å². The van der Waals surface area contributed by atoms with E-state index in [0.29, 0.717) is 18.1 Å². The molecule has 1 heterocycles. The Kier molecular flexibility index (Phi) is 5.57. The molecule has 1 aromatic heterocycles. The molecular formula is C16H27N5O. The van der Waals surface area contributed by atoms with Gasteiger partial charge in [-0.25, -0.2) is 4.98 Å². The van der Waals surface area contributed by atoms with Crippen molar-refractivity contribution < 1.29 is 4.79 Å². The maximum Gasteiger partial charge on any atom is 0.226 e. The fourth-order valence-corrected chi connectivity index (χ4v) is 2.86.